The number of rotatable bonds is 4. The molecule has 2 aliphatic heterocycles. The van der Waals surface area contributed by atoms with Gasteiger partial charge in [0, 0.05) is 32.6 Å². The maximum atomic E-state index is 13.2. The molecule has 2 aromatic rings. The first-order valence-electron chi connectivity index (χ1n) is 11.3. The molecule has 4 amide bonds. The molecule has 0 aromatic heterocycles. The zero-order valence-electron chi connectivity index (χ0n) is 18.6. The largest absolute Gasteiger partial charge is 0.338 e. The van der Waals surface area contributed by atoms with Crippen molar-refractivity contribution in [2.75, 3.05) is 32.7 Å². The van der Waals surface area contributed by atoms with Crippen molar-refractivity contribution < 1.29 is 22.8 Å². The van der Waals surface area contributed by atoms with Crippen LogP contribution in [0.4, 0.5) is 4.79 Å². The highest BCUT2D eigenvalue weighted by Gasteiger charge is 2.52. The van der Waals surface area contributed by atoms with Gasteiger partial charge in [-0.2, -0.15) is 4.31 Å². The van der Waals surface area contributed by atoms with E-state index >= 15 is 0 Å². The van der Waals surface area contributed by atoms with Crippen molar-refractivity contribution in [2.24, 2.45) is 0 Å². The van der Waals surface area contributed by atoms with Crippen LogP contribution in [0.3, 0.4) is 0 Å². The van der Waals surface area contributed by atoms with Crippen LogP contribution in [0.2, 0.25) is 0 Å². The van der Waals surface area contributed by atoms with Gasteiger partial charge < -0.3 is 10.2 Å². The minimum absolute atomic E-state index is 0.157. The van der Waals surface area contributed by atoms with Gasteiger partial charge in [-0.25, -0.2) is 13.2 Å². The molecular formula is C24H26N4O5S. The van der Waals surface area contributed by atoms with Crippen molar-refractivity contribution in [3.8, 4) is 0 Å². The van der Waals surface area contributed by atoms with Crippen molar-refractivity contribution in [1.82, 2.24) is 19.4 Å². The number of aryl methyl sites for hydroxylation is 1. The second-order valence-electron chi connectivity index (χ2n) is 8.95. The van der Waals surface area contributed by atoms with Crippen molar-refractivity contribution in [3.63, 3.8) is 0 Å². The highest BCUT2D eigenvalue weighted by atomic mass is 32.2. The molecule has 1 atom stereocenters. The summed E-state index contributed by atoms with van der Waals surface area (Å²) in [6.07, 6.45) is 1.59. The fourth-order valence-corrected chi connectivity index (χ4v) is 6.44. The van der Waals surface area contributed by atoms with Gasteiger partial charge in [-0.3, -0.25) is 14.5 Å². The molecule has 2 saturated heterocycles. The van der Waals surface area contributed by atoms with Crippen LogP contribution in [0.25, 0.3) is 0 Å². The Labute approximate surface area is 198 Å². The standard InChI is InChI=1S/C24H26N4O5S/c29-21(26-12-14-27(15-13-26)34(32,33)20-8-2-1-3-9-20)17-28-22(30)24(25-23(28)31)11-10-18-6-4-5-7-19(18)16-24/h1-9H,10-17H2,(H,25,31)/t24-/m1/s1. The van der Waals surface area contributed by atoms with E-state index in [-0.39, 0.29) is 49.4 Å². The second kappa shape index (κ2) is 8.52. The molecule has 2 heterocycles. The van der Waals surface area contributed by atoms with E-state index in [1.807, 2.05) is 24.3 Å². The van der Waals surface area contributed by atoms with E-state index in [0.717, 1.165) is 10.5 Å². The number of urea groups is 1. The maximum absolute atomic E-state index is 13.2. The van der Waals surface area contributed by atoms with E-state index in [9.17, 15) is 22.8 Å². The molecule has 2 aromatic carbocycles. The number of carbonyl (C=O) groups is 3. The Bertz CT molecular complexity index is 1240. The van der Waals surface area contributed by atoms with Crippen LogP contribution in [0, 0.1) is 0 Å². The number of piperazine rings is 1. The summed E-state index contributed by atoms with van der Waals surface area (Å²) in [6.45, 7) is 0.368. The molecule has 34 heavy (non-hydrogen) atoms. The molecule has 2 fully saturated rings. The number of fused-ring (bicyclic) bond motifs is 1. The fourth-order valence-electron chi connectivity index (χ4n) is 5.00. The smallest absolute Gasteiger partial charge is 0.325 e. The van der Waals surface area contributed by atoms with Gasteiger partial charge in [-0.15, -0.1) is 0 Å². The number of amides is 4. The summed E-state index contributed by atoms with van der Waals surface area (Å²) in [4.78, 5) is 41.6. The third kappa shape index (κ3) is 3.86. The first-order chi connectivity index (χ1) is 16.3. The predicted octanol–water partition coefficient (Wildman–Crippen LogP) is 0.999. The zero-order valence-corrected chi connectivity index (χ0v) is 19.5. The number of nitrogens with zero attached hydrogens (tertiary/aromatic N) is 3. The van der Waals surface area contributed by atoms with Crippen molar-refractivity contribution in [2.45, 2.75) is 29.7 Å². The number of hydrogen-bond donors (Lipinski definition) is 1. The van der Waals surface area contributed by atoms with Crippen LogP contribution in [0.1, 0.15) is 17.5 Å². The van der Waals surface area contributed by atoms with E-state index < -0.39 is 21.6 Å². The Balaban J connectivity index is 1.22. The summed E-state index contributed by atoms with van der Waals surface area (Å²) in [5, 5.41) is 2.84. The van der Waals surface area contributed by atoms with Crippen LogP contribution in [0.15, 0.2) is 59.5 Å². The third-order valence-corrected chi connectivity index (χ3v) is 8.86. The van der Waals surface area contributed by atoms with Gasteiger partial charge in [0.05, 0.1) is 4.90 Å². The van der Waals surface area contributed by atoms with Gasteiger partial charge in [-0.05, 0) is 36.1 Å². The molecule has 1 aliphatic carbocycles. The molecule has 10 heteroatoms. The molecule has 9 nitrogen and oxygen atoms in total. The molecule has 0 unspecified atom stereocenters. The molecule has 1 spiro atoms. The second-order valence-corrected chi connectivity index (χ2v) is 10.9. The lowest BCUT2D eigenvalue weighted by molar-refractivity contribution is -0.139. The maximum Gasteiger partial charge on any atom is 0.325 e. The monoisotopic (exact) mass is 482 g/mol. The first kappa shape index (κ1) is 22.5. The number of imide groups is 1. The summed E-state index contributed by atoms with van der Waals surface area (Å²) in [6, 6.07) is 15.5. The molecule has 5 rings (SSSR count). The van der Waals surface area contributed by atoms with E-state index in [0.29, 0.717) is 19.3 Å². The van der Waals surface area contributed by atoms with Crippen molar-refractivity contribution in [3.05, 3.63) is 65.7 Å². The third-order valence-electron chi connectivity index (χ3n) is 6.94. The number of nitrogens with one attached hydrogen (secondary N) is 1. The molecule has 178 valence electrons. The summed E-state index contributed by atoms with van der Waals surface area (Å²) in [5.41, 5.74) is 1.20. The van der Waals surface area contributed by atoms with E-state index in [2.05, 4.69) is 5.32 Å². The Kier molecular flexibility index (Phi) is 5.65. The molecule has 0 radical (unpaired) electrons. The van der Waals surface area contributed by atoms with Crippen LogP contribution in [-0.4, -0.2) is 78.6 Å². The SMILES string of the molecule is O=C(CN1C(=O)N[C@@]2(CCc3ccccc3C2)C1=O)N1CCN(S(=O)(=O)c2ccccc2)CC1. The summed E-state index contributed by atoms with van der Waals surface area (Å²) < 4.78 is 27.0. The highest BCUT2D eigenvalue weighted by Crippen LogP contribution is 2.33. The number of benzene rings is 2. The van der Waals surface area contributed by atoms with Gasteiger partial charge in [0.15, 0.2) is 0 Å². The van der Waals surface area contributed by atoms with Crippen molar-refractivity contribution >= 4 is 27.9 Å². The van der Waals surface area contributed by atoms with Crippen LogP contribution < -0.4 is 5.32 Å². The topological polar surface area (TPSA) is 107 Å². The van der Waals surface area contributed by atoms with Crippen molar-refractivity contribution in [1.29, 1.82) is 0 Å². The fraction of sp³-hybridized carbons (Fsp3) is 0.375. The van der Waals surface area contributed by atoms with Crippen LogP contribution >= 0.6 is 0 Å². The zero-order chi connectivity index (χ0) is 23.9. The van der Waals surface area contributed by atoms with Gasteiger partial charge >= 0.3 is 6.03 Å². The Hall–Kier alpha value is -3.24. The average molecular weight is 483 g/mol. The van der Waals surface area contributed by atoms with Gasteiger partial charge in [0.2, 0.25) is 15.9 Å². The Morgan fingerprint density at radius 3 is 2.26 bits per heavy atom. The van der Waals surface area contributed by atoms with Gasteiger partial charge in [0.1, 0.15) is 12.1 Å². The Morgan fingerprint density at radius 2 is 1.56 bits per heavy atom. The number of sulfonamides is 1. The summed E-state index contributed by atoms with van der Waals surface area (Å²) in [7, 11) is -3.63. The lowest BCUT2D eigenvalue weighted by atomic mass is 9.78. The highest BCUT2D eigenvalue weighted by molar-refractivity contribution is 7.89. The van der Waals surface area contributed by atoms with Gasteiger partial charge in [0.25, 0.3) is 5.91 Å². The molecule has 3 aliphatic rings. The number of carbonyl (C=O) groups excluding carboxylic acids is 3. The lowest BCUT2D eigenvalue weighted by Crippen LogP contribution is -2.54. The van der Waals surface area contributed by atoms with Crippen LogP contribution in [0.5, 0.6) is 0 Å². The number of hydrogen-bond acceptors (Lipinski definition) is 5. The quantitative estimate of drug-likeness (QED) is 0.655. The molecule has 0 bridgehead atoms. The van der Waals surface area contributed by atoms with E-state index in [1.54, 1.807) is 30.3 Å². The molecular weight excluding hydrogens is 456 g/mol. The minimum atomic E-state index is -3.63. The normalized spacial score (nSPS) is 23.2. The van der Waals surface area contributed by atoms with E-state index in [4.69, 9.17) is 0 Å². The van der Waals surface area contributed by atoms with Crippen LogP contribution in [-0.2, 0) is 32.5 Å². The van der Waals surface area contributed by atoms with E-state index in [1.165, 1.54) is 14.8 Å². The Morgan fingerprint density at radius 1 is 0.912 bits per heavy atom. The van der Waals surface area contributed by atoms with Gasteiger partial charge in [-0.1, -0.05) is 42.5 Å². The summed E-state index contributed by atoms with van der Waals surface area (Å²) >= 11 is 0. The predicted molar refractivity (Wildman–Crippen MR) is 123 cm³/mol. The lowest BCUT2D eigenvalue weighted by Gasteiger charge is -2.35. The first-order valence-corrected chi connectivity index (χ1v) is 12.8. The minimum Gasteiger partial charge on any atom is -0.338 e. The summed E-state index contributed by atoms with van der Waals surface area (Å²) in [5.74, 6) is -0.737. The average Bonchev–Trinajstić information content (AvgIpc) is 3.08. The molecule has 0 saturated carbocycles. The molecule has 1 N–H and O–H groups in total.